The maximum atomic E-state index is 13.7. The summed E-state index contributed by atoms with van der Waals surface area (Å²) in [6.45, 7) is 1.92. The van der Waals surface area contributed by atoms with Gasteiger partial charge < -0.3 is 10.4 Å². The molecular formula is C15H15F2NO. The molecule has 2 aromatic carbocycles. The molecule has 0 heterocycles. The van der Waals surface area contributed by atoms with Crippen LogP contribution in [0.3, 0.4) is 0 Å². The minimum atomic E-state index is -0.701. The summed E-state index contributed by atoms with van der Waals surface area (Å²) in [7, 11) is 0. The molecule has 0 aliphatic rings. The lowest BCUT2D eigenvalue weighted by Crippen LogP contribution is -2.11. The van der Waals surface area contributed by atoms with Crippen molar-refractivity contribution in [2.24, 2.45) is 0 Å². The van der Waals surface area contributed by atoms with Gasteiger partial charge in [0.15, 0.2) is 11.6 Å². The Balaban J connectivity index is 2.24. The number of halogens is 2. The number of phenolic OH excluding ortho intramolecular Hbond substituents is 1. The average molecular weight is 263 g/mol. The van der Waals surface area contributed by atoms with Gasteiger partial charge in [0.1, 0.15) is 5.82 Å². The average Bonchev–Trinajstić information content (AvgIpc) is 2.41. The minimum absolute atomic E-state index is 0.245. The third kappa shape index (κ3) is 3.02. The number of aromatic hydroxyl groups is 1. The zero-order valence-electron chi connectivity index (χ0n) is 10.5. The number of anilines is 1. The van der Waals surface area contributed by atoms with Gasteiger partial charge >= 0.3 is 0 Å². The van der Waals surface area contributed by atoms with E-state index < -0.39 is 11.6 Å². The van der Waals surface area contributed by atoms with Gasteiger partial charge in [0.25, 0.3) is 0 Å². The molecule has 0 aliphatic carbocycles. The topological polar surface area (TPSA) is 32.3 Å². The molecule has 0 saturated carbocycles. The summed E-state index contributed by atoms with van der Waals surface area (Å²) in [6, 6.07) is 10.3. The predicted molar refractivity (Wildman–Crippen MR) is 71.1 cm³/mol. The molecule has 0 aromatic heterocycles. The Kier molecular flexibility index (Phi) is 4.00. The summed E-state index contributed by atoms with van der Waals surface area (Å²) >= 11 is 0. The molecule has 0 aliphatic heterocycles. The third-order valence-electron chi connectivity index (χ3n) is 2.98. The molecule has 0 saturated heterocycles. The summed E-state index contributed by atoms with van der Waals surface area (Å²) in [6.07, 6.45) is 0.656. The van der Waals surface area contributed by atoms with E-state index in [-0.39, 0.29) is 11.9 Å². The zero-order valence-corrected chi connectivity index (χ0v) is 10.5. The quantitative estimate of drug-likeness (QED) is 0.809. The lowest BCUT2D eigenvalue weighted by molar-refractivity contribution is 0.432. The van der Waals surface area contributed by atoms with E-state index in [4.69, 9.17) is 5.11 Å². The van der Waals surface area contributed by atoms with Crippen LogP contribution < -0.4 is 5.32 Å². The molecule has 0 amide bonds. The standard InChI is InChI=1S/C15H15F2NO/c1-2-14(11-5-3-4-6-12(11)16)18-10-7-8-15(19)13(17)9-10/h3-9,14,18-19H,2H2,1H3. The Morgan fingerprint density at radius 2 is 1.84 bits per heavy atom. The number of nitrogens with one attached hydrogen (secondary N) is 1. The van der Waals surface area contributed by atoms with Gasteiger partial charge in [0.2, 0.25) is 0 Å². The Hall–Kier alpha value is -2.10. The van der Waals surface area contributed by atoms with E-state index in [1.165, 1.54) is 18.2 Å². The number of phenols is 1. The molecule has 2 N–H and O–H groups in total. The molecule has 19 heavy (non-hydrogen) atoms. The first kappa shape index (κ1) is 13.3. The van der Waals surface area contributed by atoms with Crippen molar-refractivity contribution in [3.63, 3.8) is 0 Å². The van der Waals surface area contributed by atoms with Crippen molar-refractivity contribution in [3.8, 4) is 5.75 Å². The van der Waals surface area contributed by atoms with E-state index in [0.717, 1.165) is 0 Å². The van der Waals surface area contributed by atoms with Crippen LogP contribution in [0, 0.1) is 11.6 Å². The summed E-state index contributed by atoms with van der Waals surface area (Å²) in [5.41, 5.74) is 1.05. The van der Waals surface area contributed by atoms with E-state index in [2.05, 4.69) is 5.32 Å². The predicted octanol–water partition coefficient (Wildman–Crippen LogP) is 4.23. The molecular weight excluding hydrogens is 248 g/mol. The van der Waals surface area contributed by atoms with Crippen LogP contribution in [0.1, 0.15) is 24.9 Å². The van der Waals surface area contributed by atoms with Crippen molar-refractivity contribution >= 4 is 5.69 Å². The van der Waals surface area contributed by atoms with E-state index >= 15 is 0 Å². The zero-order chi connectivity index (χ0) is 13.8. The number of rotatable bonds is 4. The van der Waals surface area contributed by atoms with Crippen LogP contribution in [0.15, 0.2) is 42.5 Å². The molecule has 0 bridgehead atoms. The smallest absolute Gasteiger partial charge is 0.166 e. The number of hydrogen-bond donors (Lipinski definition) is 2. The van der Waals surface area contributed by atoms with E-state index in [0.29, 0.717) is 17.7 Å². The van der Waals surface area contributed by atoms with Gasteiger partial charge in [0, 0.05) is 17.3 Å². The summed E-state index contributed by atoms with van der Waals surface area (Å²) < 4.78 is 27.0. The Morgan fingerprint density at radius 1 is 1.11 bits per heavy atom. The molecule has 2 rings (SSSR count). The second-order valence-corrected chi connectivity index (χ2v) is 4.29. The van der Waals surface area contributed by atoms with E-state index in [9.17, 15) is 8.78 Å². The molecule has 1 atom stereocenters. The Labute approximate surface area is 110 Å². The minimum Gasteiger partial charge on any atom is -0.505 e. The van der Waals surface area contributed by atoms with Crippen LogP contribution in [0.4, 0.5) is 14.5 Å². The van der Waals surface area contributed by atoms with Crippen molar-refractivity contribution in [1.82, 2.24) is 0 Å². The first-order chi connectivity index (χ1) is 9.11. The van der Waals surface area contributed by atoms with Gasteiger partial charge in [0.05, 0.1) is 6.04 Å². The van der Waals surface area contributed by atoms with Crippen LogP contribution in [-0.2, 0) is 0 Å². The molecule has 2 aromatic rings. The Morgan fingerprint density at radius 3 is 2.47 bits per heavy atom. The van der Waals surface area contributed by atoms with Gasteiger partial charge in [-0.2, -0.15) is 0 Å². The maximum absolute atomic E-state index is 13.7. The molecule has 100 valence electrons. The molecule has 0 radical (unpaired) electrons. The van der Waals surface area contributed by atoms with Crippen LogP contribution in [0.25, 0.3) is 0 Å². The molecule has 2 nitrogen and oxygen atoms in total. The van der Waals surface area contributed by atoms with Gasteiger partial charge in [-0.15, -0.1) is 0 Å². The monoisotopic (exact) mass is 263 g/mol. The number of benzene rings is 2. The Bertz CT molecular complexity index is 572. The fourth-order valence-corrected chi connectivity index (χ4v) is 1.96. The van der Waals surface area contributed by atoms with Gasteiger partial charge in [-0.05, 0) is 24.6 Å². The molecule has 0 spiro atoms. The van der Waals surface area contributed by atoms with Crippen LogP contribution in [0.2, 0.25) is 0 Å². The van der Waals surface area contributed by atoms with Crippen LogP contribution >= 0.6 is 0 Å². The third-order valence-corrected chi connectivity index (χ3v) is 2.98. The summed E-state index contributed by atoms with van der Waals surface area (Å²) in [4.78, 5) is 0. The normalized spacial score (nSPS) is 12.2. The molecule has 1 unspecified atom stereocenters. The van der Waals surface area contributed by atoms with Gasteiger partial charge in [-0.25, -0.2) is 8.78 Å². The molecule has 4 heteroatoms. The fourth-order valence-electron chi connectivity index (χ4n) is 1.96. The lowest BCUT2D eigenvalue weighted by atomic mass is 10.0. The lowest BCUT2D eigenvalue weighted by Gasteiger charge is -2.19. The maximum Gasteiger partial charge on any atom is 0.166 e. The van der Waals surface area contributed by atoms with Crippen LogP contribution in [-0.4, -0.2) is 5.11 Å². The largest absolute Gasteiger partial charge is 0.505 e. The second-order valence-electron chi connectivity index (χ2n) is 4.29. The van der Waals surface area contributed by atoms with Crippen molar-refractivity contribution in [2.75, 3.05) is 5.32 Å². The SMILES string of the molecule is CCC(Nc1ccc(O)c(F)c1)c1ccccc1F. The van der Waals surface area contributed by atoms with Crippen molar-refractivity contribution in [3.05, 3.63) is 59.7 Å². The van der Waals surface area contributed by atoms with Crippen LogP contribution in [0.5, 0.6) is 5.75 Å². The van der Waals surface area contributed by atoms with Crippen molar-refractivity contribution < 1.29 is 13.9 Å². The highest BCUT2D eigenvalue weighted by Crippen LogP contribution is 2.26. The summed E-state index contributed by atoms with van der Waals surface area (Å²) in [5, 5.41) is 12.2. The molecule has 0 fully saturated rings. The first-order valence-electron chi connectivity index (χ1n) is 6.11. The van der Waals surface area contributed by atoms with E-state index in [1.807, 2.05) is 6.92 Å². The first-order valence-corrected chi connectivity index (χ1v) is 6.11. The summed E-state index contributed by atoms with van der Waals surface area (Å²) in [5.74, 6) is -1.39. The fraction of sp³-hybridized carbons (Fsp3) is 0.200. The second kappa shape index (κ2) is 5.69. The van der Waals surface area contributed by atoms with Gasteiger partial charge in [-0.3, -0.25) is 0 Å². The highest BCUT2D eigenvalue weighted by molar-refractivity contribution is 5.48. The van der Waals surface area contributed by atoms with Crippen molar-refractivity contribution in [2.45, 2.75) is 19.4 Å². The highest BCUT2D eigenvalue weighted by atomic mass is 19.1. The highest BCUT2D eigenvalue weighted by Gasteiger charge is 2.13. The van der Waals surface area contributed by atoms with Crippen molar-refractivity contribution in [1.29, 1.82) is 0 Å². The van der Waals surface area contributed by atoms with E-state index in [1.54, 1.807) is 24.3 Å². The van der Waals surface area contributed by atoms with Gasteiger partial charge in [-0.1, -0.05) is 25.1 Å². The number of hydrogen-bond acceptors (Lipinski definition) is 2.